The molecule has 1 aromatic carbocycles. The normalized spacial score (nSPS) is 21.1. The second-order valence-electron chi connectivity index (χ2n) is 4.77. The van der Waals surface area contributed by atoms with Gasteiger partial charge in [0.1, 0.15) is 17.2 Å². The fourth-order valence-electron chi connectivity index (χ4n) is 2.49. The molecule has 2 aliphatic rings. The highest BCUT2D eigenvalue weighted by Crippen LogP contribution is 2.55. The van der Waals surface area contributed by atoms with Crippen molar-refractivity contribution in [2.45, 2.75) is 31.1 Å². The van der Waals surface area contributed by atoms with E-state index >= 15 is 0 Å². The monoisotopic (exact) mass is 258 g/mol. The van der Waals surface area contributed by atoms with Gasteiger partial charge in [-0.2, -0.15) is 13.2 Å². The Bertz CT molecular complexity index is 531. The second kappa shape index (κ2) is 3.24. The van der Waals surface area contributed by atoms with Crippen molar-refractivity contribution in [2.24, 2.45) is 0 Å². The van der Waals surface area contributed by atoms with Gasteiger partial charge in [-0.05, 0) is 30.5 Å². The first-order valence-electron chi connectivity index (χ1n) is 5.57. The number of hydrogen-bond acceptors (Lipinski definition) is 1. The maximum Gasteiger partial charge on any atom is 0.411 e. The molecule has 3 rings (SSSR count). The average molecular weight is 258 g/mol. The van der Waals surface area contributed by atoms with Crippen LogP contribution in [0, 0.1) is 11.2 Å². The number of halogens is 4. The maximum absolute atomic E-state index is 13.1. The maximum atomic E-state index is 13.1. The molecule has 1 heterocycles. The van der Waals surface area contributed by atoms with Crippen molar-refractivity contribution < 1.29 is 17.6 Å². The van der Waals surface area contributed by atoms with E-state index in [1.54, 1.807) is 0 Å². The number of rotatable bonds is 1. The van der Waals surface area contributed by atoms with Crippen LogP contribution in [0.1, 0.15) is 24.0 Å². The highest BCUT2D eigenvalue weighted by molar-refractivity contribution is 6.01. The van der Waals surface area contributed by atoms with Gasteiger partial charge in [0.15, 0.2) is 0 Å². The van der Waals surface area contributed by atoms with Crippen LogP contribution in [-0.2, 0) is 6.54 Å². The van der Waals surface area contributed by atoms with Crippen molar-refractivity contribution in [1.29, 1.82) is 5.41 Å². The predicted octanol–water partition coefficient (Wildman–Crippen LogP) is 3.06. The summed E-state index contributed by atoms with van der Waals surface area (Å²) in [5.74, 6) is -0.753. The van der Waals surface area contributed by atoms with E-state index in [0.717, 1.165) is 11.0 Å². The minimum Gasteiger partial charge on any atom is -0.338 e. The Balaban J connectivity index is 1.99. The van der Waals surface area contributed by atoms with Crippen molar-refractivity contribution in [3.05, 3.63) is 35.1 Å². The Morgan fingerprint density at radius 2 is 1.89 bits per heavy atom. The van der Waals surface area contributed by atoms with Crippen LogP contribution in [0.25, 0.3) is 0 Å². The van der Waals surface area contributed by atoms with Gasteiger partial charge in [-0.25, -0.2) is 4.39 Å². The molecule has 0 bridgehead atoms. The van der Waals surface area contributed by atoms with Gasteiger partial charge in [-0.1, -0.05) is 6.07 Å². The number of benzene rings is 1. The number of fused-ring (bicyclic) bond motifs is 1. The molecule has 0 unspecified atom stereocenters. The van der Waals surface area contributed by atoms with E-state index in [-0.39, 0.29) is 30.8 Å². The minimum atomic E-state index is -4.35. The van der Waals surface area contributed by atoms with Gasteiger partial charge in [-0.3, -0.25) is 5.41 Å². The van der Waals surface area contributed by atoms with Gasteiger partial charge in [0.25, 0.3) is 0 Å². The van der Waals surface area contributed by atoms with Gasteiger partial charge < -0.3 is 4.90 Å². The fourth-order valence-corrected chi connectivity index (χ4v) is 2.49. The Morgan fingerprint density at radius 1 is 1.22 bits per heavy atom. The Hall–Kier alpha value is -1.59. The molecule has 0 amide bonds. The molecule has 0 saturated heterocycles. The summed E-state index contributed by atoms with van der Waals surface area (Å²) in [7, 11) is 0. The van der Waals surface area contributed by atoms with Crippen LogP contribution < -0.4 is 0 Å². The first-order valence-corrected chi connectivity index (χ1v) is 5.57. The second-order valence-corrected chi connectivity index (χ2v) is 4.77. The third kappa shape index (κ3) is 1.38. The van der Waals surface area contributed by atoms with E-state index in [9.17, 15) is 17.6 Å². The number of nitrogens with zero attached hydrogens (tertiary/aromatic N) is 1. The van der Waals surface area contributed by atoms with Crippen molar-refractivity contribution in [3.63, 3.8) is 0 Å². The number of nitrogens with one attached hydrogen (secondary N) is 1. The Kier molecular flexibility index (Phi) is 2.07. The summed E-state index contributed by atoms with van der Waals surface area (Å²) in [4.78, 5) is 1.05. The molecular weight excluding hydrogens is 248 g/mol. The summed E-state index contributed by atoms with van der Waals surface area (Å²) >= 11 is 0. The summed E-state index contributed by atoms with van der Waals surface area (Å²) in [5, 5.41) is 7.82. The average Bonchev–Trinajstić information content (AvgIpc) is 3.02. The molecule has 1 aliphatic heterocycles. The highest BCUT2D eigenvalue weighted by atomic mass is 19.4. The van der Waals surface area contributed by atoms with Crippen LogP contribution in [0.4, 0.5) is 17.6 Å². The van der Waals surface area contributed by atoms with Gasteiger partial charge in [0.05, 0.1) is 0 Å². The van der Waals surface area contributed by atoms with Crippen molar-refractivity contribution in [3.8, 4) is 0 Å². The van der Waals surface area contributed by atoms with Crippen LogP contribution in [-0.4, -0.2) is 22.5 Å². The van der Waals surface area contributed by atoms with E-state index in [1.165, 1.54) is 12.1 Å². The zero-order valence-electron chi connectivity index (χ0n) is 9.31. The predicted molar refractivity (Wildman–Crippen MR) is 56.8 cm³/mol. The van der Waals surface area contributed by atoms with E-state index in [1.807, 2.05) is 0 Å². The lowest BCUT2D eigenvalue weighted by atomic mass is 10.1. The van der Waals surface area contributed by atoms with Gasteiger partial charge in [0.2, 0.25) is 0 Å². The number of hydrogen-bond donors (Lipinski definition) is 1. The van der Waals surface area contributed by atoms with Crippen LogP contribution in [0.15, 0.2) is 18.2 Å². The first-order chi connectivity index (χ1) is 8.35. The van der Waals surface area contributed by atoms with E-state index in [4.69, 9.17) is 5.41 Å². The van der Waals surface area contributed by atoms with E-state index in [2.05, 4.69) is 0 Å². The molecule has 2 nitrogen and oxygen atoms in total. The summed E-state index contributed by atoms with van der Waals surface area (Å²) in [5.41, 5.74) is -1.05. The molecule has 96 valence electrons. The smallest absolute Gasteiger partial charge is 0.338 e. The molecular formula is C12H10F4N2. The van der Waals surface area contributed by atoms with Gasteiger partial charge >= 0.3 is 6.18 Å². The lowest BCUT2D eigenvalue weighted by Gasteiger charge is -2.31. The molecule has 1 fully saturated rings. The summed E-state index contributed by atoms with van der Waals surface area (Å²) < 4.78 is 52.1. The van der Waals surface area contributed by atoms with E-state index in [0.29, 0.717) is 5.56 Å². The SMILES string of the molecule is N=C1c2cc(F)ccc2CN1C1(C(F)(F)F)CC1. The Morgan fingerprint density at radius 3 is 2.44 bits per heavy atom. The van der Waals surface area contributed by atoms with E-state index < -0.39 is 17.5 Å². The van der Waals surface area contributed by atoms with Gasteiger partial charge in [0, 0.05) is 12.1 Å². The summed E-state index contributed by atoms with van der Waals surface area (Å²) in [6.07, 6.45) is -4.33. The van der Waals surface area contributed by atoms with Crippen LogP contribution in [0.2, 0.25) is 0 Å². The molecule has 0 spiro atoms. The van der Waals surface area contributed by atoms with Crippen LogP contribution in [0.5, 0.6) is 0 Å². The quantitative estimate of drug-likeness (QED) is 0.770. The van der Waals surface area contributed by atoms with Crippen molar-refractivity contribution in [1.82, 2.24) is 4.90 Å². The van der Waals surface area contributed by atoms with Crippen LogP contribution in [0.3, 0.4) is 0 Å². The fraction of sp³-hybridized carbons (Fsp3) is 0.417. The third-order valence-electron chi connectivity index (χ3n) is 3.69. The molecule has 18 heavy (non-hydrogen) atoms. The lowest BCUT2D eigenvalue weighted by Crippen LogP contribution is -2.48. The lowest BCUT2D eigenvalue weighted by molar-refractivity contribution is -0.185. The van der Waals surface area contributed by atoms with Crippen LogP contribution >= 0.6 is 0 Å². The summed E-state index contributed by atoms with van der Waals surface area (Å²) in [6.45, 7) is 0.0357. The molecule has 1 aliphatic carbocycles. The number of amidine groups is 1. The molecule has 1 aromatic rings. The minimum absolute atomic E-state index is 0.00928. The molecule has 1 saturated carbocycles. The molecule has 0 atom stereocenters. The topological polar surface area (TPSA) is 27.1 Å². The molecule has 6 heteroatoms. The molecule has 0 aromatic heterocycles. The third-order valence-corrected chi connectivity index (χ3v) is 3.69. The summed E-state index contributed by atoms with van der Waals surface area (Å²) in [6, 6.07) is 3.79. The number of alkyl halides is 3. The first kappa shape index (κ1) is 11.5. The van der Waals surface area contributed by atoms with Crippen molar-refractivity contribution >= 4 is 5.84 Å². The Labute approximate surface area is 101 Å². The molecule has 1 N–H and O–H groups in total. The standard InChI is InChI=1S/C12H10F4N2/c13-8-2-1-7-6-18(10(17)9(7)5-8)11(3-4-11)12(14,15)16/h1-2,5,17H,3-4,6H2. The zero-order valence-corrected chi connectivity index (χ0v) is 9.31. The zero-order chi connectivity index (χ0) is 13.1. The molecule has 0 radical (unpaired) electrons. The van der Waals surface area contributed by atoms with Gasteiger partial charge in [-0.15, -0.1) is 0 Å². The highest BCUT2D eigenvalue weighted by Gasteiger charge is 2.68. The van der Waals surface area contributed by atoms with Crippen molar-refractivity contribution in [2.75, 3.05) is 0 Å². The largest absolute Gasteiger partial charge is 0.411 e.